The molecule has 1 fully saturated rings. The molecule has 2 aromatic carbocycles. The minimum absolute atomic E-state index is 0.0185. The number of methoxy groups -OCH3 is 2. The predicted molar refractivity (Wildman–Crippen MR) is 232 cm³/mol. The number of aliphatic hydroxyl groups is 3. The molecule has 1 saturated carbocycles. The van der Waals surface area contributed by atoms with Crippen LogP contribution in [-0.2, 0) is 19.0 Å². The van der Waals surface area contributed by atoms with Crippen LogP contribution < -0.4 is 24.3 Å². The summed E-state index contributed by atoms with van der Waals surface area (Å²) in [4.78, 5) is 35.0. The molecule has 17 heteroatoms. The molecular formula is C45H62ClN3O13. The topological polar surface area (TPSA) is 196 Å². The number of carbonyl (C=O) groups excluding carboxylic acids is 2. The minimum atomic E-state index is -1.56. The minimum Gasteiger partial charge on any atom is -0.497 e. The van der Waals surface area contributed by atoms with Crippen LogP contribution in [0.1, 0.15) is 63.4 Å². The molecule has 0 radical (unpaired) electrons. The molecule has 0 saturated heterocycles. The number of carbonyl (C=O) groups is 2. The van der Waals surface area contributed by atoms with Gasteiger partial charge in [-0.05, 0) is 80.3 Å². The molecule has 0 aromatic heterocycles. The van der Waals surface area contributed by atoms with E-state index in [0.717, 1.165) is 24.0 Å². The highest BCUT2D eigenvalue weighted by molar-refractivity contribution is 6.18. The maximum Gasteiger partial charge on any atom is 0.417 e. The van der Waals surface area contributed by atoms with E-state index in [-0.39, 0.29) is 88.6 Å². The first-order valence-electron chi connectivity index (χ1n) is 21.3. The highest BCUT2D eigenvalue weighted by Crippen LogP contribution is 2.62. The van der Waals surface area contributed by atoms with Crippen LogP contribution in [0.25, 0.3) is 0 Å². The van der Waals surface area contributed by atoms with E-state index >= 15 is 0 Å². The quantitative estimate of drug-likeness (QED) is 0.0358. The van der Waals surface area contributed by atoms with Gasteiger partial charge in [0, 0.05) is 43.7 Å². The maximum absolute atomic E-state index is 14.2. The summed E-state index contributed by atoms with van der Waals surface area (Å²) >= 11 is 6.00. The van der Waals surface area contributed by atoms with Crippen molar-refractivity contribution in [2.75, 3.05) is 84.8 Å². The van der Waals surface area contributed by atoms with Gasteiger partial charge >= 0.3 is 12.2 Å². The number of benzene rings is 2. The molecule has 342 valence electrons. The molecule has 4 N–H and O–H groups in total. The van der Waals surface area contributed by atoms with Crippen molar-refractivity contribution >= 4 is 35.2 Å². The van der Waals surface area contributed by atoms with Crippen molar-refractivity contribution in [1.82, 2.24) is 4.90 Å². The van der Waals surface area contributed by atoms with Gasteiger partial charge in [0.1, 0.15) is 42.3 Å². The van der Waals surface area contributed by atoms with Gasteiger partial charge in [0.25, 0.3) is 0 Å². The summed E-state index contributed by atoms with van der Waals surface area (Å²) in [6, 6.07) is 9.32. The number of halogens is 1. The molecule has 1 heterocycles. The first-order chi connectivity index (χ1) is 30.2. The number of alkyl halides is 1. The number of fused-ring (bicyclic) bond motifs is 2. The lowest BCUT2D eigenvalue weighted by Crippen LogP contribution is -2.70. The Bertz CT molecular complexity index is 1850. The third-order valence-electron chi connectivity index (χ3n) is 11.4. The fourth-order valence-electron chi connectivity index (χ4n) is 8.91. The van der Waals surface area contributed by atoms with Gasteiger partial charge in [-0.2, -0.15) is 0 Å². The van der Waals surface area contributed by atoms with Crippen LogP contribution in [0.2, 0.25) is 0 Å². The Labute approximate surface area is 368 Å². The summed E-state index contributed by atoms with van der Waals surface area (Å²) in [7, 11) is 3.02. The van der Waals surface area contributed by atoms with Crippen molar-refractivity contribution < 1.29 is 62.9 Å². The predicted octanol–water partition coefficient (Wildman–Crippen LogP) is 6.65. The lowest BCUT2D eigenvalue weighted by Gasteiger charge is -2.59. The Morgan fingerprint density at radius 3 is 2.47 bits per heavy atom. The van der Waals surface area contributed by atoms with Crippen molar-refractivity contribution in [3.63, 3.8) is 0 Å². The Morgan fingerprint density at radius 2 is 1.77 bits per heavy atom. The number of ether oxygens (including phenoxy) is 7. The van der Waals surface area contributed by atoms with Gasteiger partial charge in [0.2, 0.25) is 5.79 Å². The molecule has 3 aliphatic rings. The zero-order chi connectivity index (χ0) is 44.5. The van der Waals surface area contributed by atoms with Crippen molar-refractivity contribution in [3.05, 3.63) is 66.3 Å². The number of unbranched alkanes of at least 4 members (excludes halogenated alkanes) is 2. The highest BCUT2D eigenvalue weighted by Gasteiger charge is 2.65. The number of hydrogen-bond acceptors (Lipinski definition) is 14. The summed E-state index contributed by atoms with van der Waals surface area (Å²) < 4.78 is 42.2. The Hall–Kier alpha value is -4.58. The average Bonchev–Trinajstić information content (AvgIpc) is 3.28. The number of allylic oxidation sites excluding steroid dienone is 1. The number of amides is 2. The number of anilines is 1. The lowest BCUT2D eigenvalue weighted by atomic mass is 9.55. The molecule has 0 bridgehead atoms. The van der Waals surface area contributed by atoms with Gasteiger partial charge in [-0.25, -0.2) is 9.59 Å². The summed E-state index contributed by atoms with van der Waals surface area (Å²) in [5, 5.41) is 36.7. The lowest BCUT2D eigenvalue weighted by molar-refractivity contribution is -0.256. The monoisotopic (exact) mass is 887 g/mol. The standard InChI is InChI=1S/C45H62ClN3O13/c1-5-22-59-45-40(49(18-24-57-25-21-52)44(54)58-23-17-46)29-37(48-60-6-2)34-26-30(11-7-9-19-50)33(12-8-10-20-51)41(42(34)45)35-27-32(14-16-38(35)62-45)61-43(53)47-36-15-13-31(55-3)28-39(36)56-4/h5,13-16,26-28,30,33,40-42,50-52H,1,6-12,17-25,29H2,2-4H3,(H,47,53)/t30-,33+,40-,41+,42+,45+/m0/s1. The normalized spacial score (nSPS) is 22.9. The van der Waals surface area contributed by atoms with Crippen LogP contribution >= 0.6 is 11.6 Å². The van der Waals surface area contributed by atoms with E-state index in [1.807, 2.05) is 13.0 Å². The molecule has 0 spiro atoms. The fraction of sp³-hybridized carbons (Fsp3) is 0.578. The Morgan fingerprint density at radius 1 is 1.00 bits per heavy atom. The third-order valence-corrected chi connectivity index (χ3v) is 11.6. The van der Waals surface area contributed by atoms with Crippen molar-refractivity contribution in [1.29, 1.82) is 0 Å². The first kappa shape index (κ1) is 48.5. The third kappa shape index (κ3) is 11.5. The molecule has 0 unspecified atom stereocenters. The largest absolute Gasteiger partial charge is 0.497 e. The second-order valence-corrected chi connectivity index (χ2v) is 15.5. The van der Waals surface area contributed by atoms with E-state index in [1.165, 1.54) is 19.1 Å². The molecule has 2 aromatic rings. The Balaban J connectivity index is 1.71. The first-order valence-corrected chi connectivity index (χ1v) is 21.9. The molecule has 16 nitrogen and oxygen atoms in total. The SMILES string of the molecule is C=CCO[C@@]12Oc3ccc(OC(=O)Nc4ccc(OC)cc4OC)cc3[C@H]3[C@H](CCCCO)[C@@H](CCCCO)C=C(C(=NOCC)C[C@@H]1N(CCOCCO)C(=O)OCCCl)[C@H]32. The molecule has 62 heavy (non-hydrogen) atoms. The van der Waals surface area contributed by atoms with Crippen LogP contribution in [0.3, 0.4) is 0 Å². The van der Waals surface area contributed by atoms with Gasteiger partial charge in [-0.15, -0.1) is 18.2 Å². The number of aliphatic hydroxyl groups excluding tert-OH is 3. The van der Waals surface area contributed by atoms with E-state index in [4.69, 9.17) is 49.6 Å². The van der Waals surface area contributed by atoms with E-state index in [2.05, 4.69) is 23.1 Å². The van der Waals surface area contributed by atoms with Crippen molar-refractivity contribution in [2.24, 2.45) is 22.9 Å². The summed E-state index contributed by atoms with van der Waals surface area (Å²) in [6.07, 6.45) is 6.71. The van der Waals surface area contributed by atoms with Crippen LogP contribution in [-0.4, -0.2) is 129 Å². The Kier molecular flexibility index (Phi) is 19.0. The van der Waals surface area contributed by atoms with Crippen molar-refractivity contribution in [2.45, 2.75) is 69.6 Å². The van der Waals surface area contributed by atoms with Crippen LogP contribution in [0.4, 0.5) is 15.3 Å². The summed E-state index contributed by atoms with van der Waals surface area (Å²) in [5.41, 5.74) is 2.57. The van der Waals surface area contributed by atoms with E-state index in [9.17, 15) is 24.9 Å². The van der Waals surface area contributed by atoms with Crippen LogP contribution in [0.5, 0.6) is 23.0 Å². The van der Waals surface area contributed by atoms with E-state index in [0.29, 0.717) is 60.9 Å². The van der Waals surface area contributed by atoms with Gasteiger partial charge in [0.05, 0.1) is 63.8 Å². The van der Waals surface area contributed by atoms with Gasteiger partial charge < -0.3 is 53.3 Å². The number of rotatable bonds is 25. The summed E-state index contributed by atoms with van der Waals surface area (Å²) in [6.45, 7) is 6.16. The number of oxime groups is 1. The number of hydrogen-bond donors (Lipinski definition) is 4. The van der Waals surface area contributed by atoms with Crippen LogP contribution in [0, 0.1) is 17.8 Å². The zero-order valence-corrected chi connectivity index (χ0v) is 36.7. The van der Waals surface area contributed by atoms with Gasteiger partial charge in [-0.3, -0.25) is 10.2 Å². The highest BCUT2D eigenvalue weighted by atomic mass is 35.5. The molecule has 2 amide bonds. The number of nitrogens with zero attached hydrogens (tertiary/aromatic N) is 2. The molecule has 5 rings (SSSR count). The maximum atomic E-state index is 14.2. The summed E-state index contributed by atoms with van der Waals surface area (Å²) in [5.74, 6) is -0.926. The fourth-order valence-corrected chi connectivity index (χ4v) is 8.99. The molecular weight excluding hydrogens is 826 g/mol. The molecule has 2 aliphatic carbocycles. The van der Waals surface area contributed by atoms with Gasteiger partial charge in [0.15, 0.2) is 0 Å². The van der Waals surface area contributed by atoms with Gasteiger partial charge in [-0.1, -0.05) is 30.1 Å². The van der Waals surface area contributed by atoms with Crippen LogP contribution in [0.15, 0.2) is 65.9 Å². The number of nitrogens with one attached hydrogen (secondary N) is 1. The zero-order valence-electron chi connectivity index (χ0n) is 35.9. The second kappa shape index (κ2) is 24.3. The second-order valence-electron chi connectivity index (χ2n) is 15.1. The van der Waals surface area contributed by atoms with Crippen molar-refractivity contribution in [3.8, 4) is 23.0 Å². The smallest absolute Gasteiger partial charge is 0.417 e. The average molecular weight is 888 g/mol. The van der Waals surface area contributed by atoms with E-state index < -0.39 is 29.9 Å². The molecule has 1 aliphatic heterocycles. The molecule has 6 atom stereocenters. The van der Waals surface area contributed by atoms with E-state index in [1.54, 1.807) is 36.4 Å².